The molecule has 1 atom stereocenters. The summed E-state index contributed by atoms with van der Waals surface area (Å²) in [5.41, 5.74) is 0. The van der Waals surface area contributed by atoms with Crippen LogP contribution < -0.4 is 10.6 Å². The van der Waals surface area contributed by atoms with Crippen molar-refractivity contribution in [3.63, 3.8) is 0 Å². The Balaban J connectivity index is 1.50. The summed E-state index contributed by atoms with van der Waals surface area (Å²) in [4.78, 5) is 17.3. The van der Waals surface area contributed by atoms with Crippen molar-refractivity contribution in [2.24, 2.45) is 0 Å². The van der Waals surface area contributed by atoms with Crippen molar-refractivity contribution in [3.8, 4) is 0 Å². The van der Waals surface area contributed by atoms with Gasteiger partial charge in [0.05, 0.1) is 9.83 Å². The SMILES string of the molecule is O=C(NCCc1ccc(Br)s1)c1noc(C2CCCN2)n1. The molecular formula is C13H15BrN4O2S. The molecule has 2 N–H and O–H groups in total. The Kier molecular flexibility index (Phi) is 4.67. The first-order valence-electron chi connectivity index (χ1n) is 6.82. The van der Waals surface area contributed by atoms with E-state index in [1.807, 2.05) is 12.1 Å². The normalized spacial score (nSPS) is 18.0. The summed E-state index contributed by atoms with van der Waals surface area (Å²) >= 11 is 5.08. The van der Waals surface area contributed by atoms with Crippen molar-refractivity contribution in [3.05, 3.63) is 32.5 Å². The summed E-state index contributed by atoms with van der Waals surface area (Å²) < 4.78 is 6.24. The molecule has 0 aliphatic carbocycles. The van der Waals surface area contributed by atoms with E-state index in [2.05, 4.69) is 36.7 Å². The highest BCUT2D eigenvalue weighted by Gasteiger charge is 2.24. The molecule has 0 radical (unpaired) electrons. The van der Waals surface area contributed by atoms with Gasteiger partial charge in [-0.25, -0.2) is 0 Å². The highest BCUT2D eigenvalue weighted by Crippen LogP contribution is 2.22. The number of rotatable bonds is 5. The maximum Gasteiger partial charge on any atom is 0.292 e. The van der Waals surface area contributed by atoms with E-state index in [9.17, 15) is 4.79 Å². The van der Waals surface area contributed by atoms with Gasteiger partial charge in [0.1, 0.15) is 0 Å². The Morgan fingerprint density at radius 1 is 1.57 bits per heavy atom. The smallest absolute Gasteiger partial charge is 0.292 e. The van der Waals surface area contributed by atoms with Gasteiger partial charge in [-0.1, -0.05) is 5.16 Å². The van der Waals surface area contributed by atoms with Crippen LogP contribution in [0, 0.1) is 0 Å². The van der Waals surface area contributed by atoms with E-state index in [1.165, 1.54) is 4.88 Å². The Hall–Kier alpha value is -1.25. The summed E-state index contributed by atoms with van der Waals surface area (Å²) in [5, 5.41) is 9.82. The van der Waals surface area contributed by atoms with Crippen LogP contribution in [0.25, 0.3) is 0 Å². The van der Waals surface area contributed by atoms with E-state index in [4.69, 9.17) is 4.52 Å². The van der Waals surface area contributed by atoms with Crippen LogP contribution in [0.1, 0.15) is 40.3 Å². The van der Waals surface area contributed by atoms with E-state index >= 15 is 0 Å². The van der Waals surface area contributed by atoms with E-state index in [0.29, 0.717) is 12.4 Å². The minimum atomic E-state index is -0.293. The minimum absolute atomic E-state index is 0.0857. The zero-order valence-corrected chi connectivity index (χ0v) is 13.7. The van der Waals surface area contributed by atoms with Gasteiger partial charge < -0.3 is 15.2 Å². The largest absolute Gasteiger partial charge is 0.349 e. The molecule has 1 aliphatic rings. The maximum atomic E-state index is 11.9. The van der Waals surface area contributed by atoms with Crippen LogP contribution in [0.3, 0.4) is 0 Å². The van der Waals surface area contributed by atoms with E-state index in [0.717, 1.165) is 29.6 Å². The van der Waals surface area contributed by atoms with Crippen molar-refractivity contribution < 1.29 is 9.32 Å². The molecule has 6 nitrogen and oxygen atoms in total. The van der Waals surface area contributed by atoms with Gasteiger partial charge in [-0.05, 0) is 53.9 Å². The van der Waals surface area contributed by atoms with Crippen LogP contribution >= 0.6 is 27.3 Å². The van der Waals surface area contributed by atoms with Crippen LogP contribution in [0.4, 0.5) is 0 Å². The first-order chi connectivity index (χ1) is 10.2. The van der Waals surface area contributed by atoms with Crippen molar-refractivity contribution in [2.45, 2.75) is 25.3 Å². The van der Waals surface area contributed by atoms with Crippen LogP contribution in [0.5, 0.6) is 0 Å². The van der Waals surface area contributed by atoms with Gasteiger partial charge in [-0.3, -0.25) is 4.79 Å². The minimum Gasteiger partial charge on any atom is -0.349 e. The molecule has 21 heavy (non-hydrogen) atoms. The zero-order chi connectivity index (χ0) is 14.7. The second-order valence-electron chi connectivity index (χ2n) is 4.82. The second kappa shape index (κ2) is 6.67. The first kappa shape index (κ1) is 14.7. The lowest BCUT2D eigenvalue weighted by Gasteiger charge is -2.01. The fourth-order valence-corrected chi connectivity index (χ4v) is 3.71. The van der Waals surface area contributed by atoms with Crippen LogP contribution in [0.2, 0.25) is 0 Å². The fraction of sp³-hybridized carbons (Fsp3) is 0.462. The van der Waals surface area contributed by atoms with Crippen molar-refractivity contribution in [1.82, 2.24) is 20.8 Å². The fourth-order valence-electron chi connectivity index (χ4n) is 2.23. The number of halogens is 1. The molecule has 8 heteroatoms. The number of carbonyl (C=O) groups excluding carboxylic acids is 1. The van der Waals surface area contributed by atoms with Gasteiger partial charge in [0.15, 0.2) is 0 Å². The molecule has 3 rings (SSSR count). The number of amides is 1. The number of nitrogens with one attached hydrogen (secondary N) is 2. The third-order valence-corrected chi connectivity index (χ3v) is 4.97. The van der Waals surface area contributed by atoms with Gasteiger partial charge in [0.25, 0.3) is 11.7 Å². The lowest BCUT2D eigenvalue weighted by Crippen LogP contribution is -2.26. The molecule has 2 aromatic heterocycles. The van der Waals surface area contributed by atoms with Gasteiger partial charge >= 0.3 is 0 Å². The highest BCUT2D eigenvalue weighted by atomic mass is 79.9. The topological polar surface area (TPSA) is 80.0 Å². The monoisotopic (exact) mass is 370 g/mol. The molecule has 0 saturated carbocycles. The number of aromatic nitrogens is 2. The van der Waals surface area contributed by atoms with E-state index in [-0.39, 0.29) is 17.8 Å². The van der Waals surface area contributed by atoms with Crippen molar-refractivity contribution >= 4 is 33.2 Å². The van der Waals surface area contributed by atoms with Gasteiger partial charge in [-0.2, -0.15) is 4.98 Å². The van der Waals surface area contributed by atoms with Crippen LogP contribution in [0.15, 0.2) is 20.4 Å². The third-order valence-electron chi connectivity index (χ3n) is 3.29. The molecule has 1 unspecified atom stereocenters. The predicted molar refractivity (Wildman–Crippen MR) is 82.3 cm³/mol. The van der Waals surface area contributed by atoms with Gasteiger partial charge in [0, 0.05) is 11.4 Å². The number of carbonyl (C=O) groups is 1. The molecule has 3 heterocycles. The molecule has 112 valence electrons. The molecule has 0 spiro atoms. The highest BCUT2D eigenvalue weighted by molar-refractivity contribution is 9.11. The molecule has 1 fully saturated rings. The Bertz CT molecular complexity index is 621. The number of nitrogens with zero attached hydrogens (tertiary/aromatic N) is 2. The molecule has 1 aliphatic heterocycles. The molecular weight excluding hydrogens is 356 g/mol. The number of hydrogen-bond donors (Lipinski definition) is 2. The standard InChI is InChI=1S/C13H15BrN4O2S/c14-10-4-3-8(21-10)5-7-16-12(19)11-17-13(20-18-11)9-2-1-6-15-9/h3-4,9,15H,1-2,5-7H2,(H,16,19). The first-order valence-corrected chi connectivity index (χ1v) is 8.43. The summed E-state index contributed by atoms with van der Waals surface area (Å²) in [6, 6.07) is 4.13. The van der Waals surface area contributed by atoms with Crippen molar-refractivity contribution in [2.75, 3.05) is 13.1 Å². The zero-order valence-electron chi connectivity index (χ0n) is 11.3. The molecule has 1 saturated heterocycles. The molecule has 2 aromatic rings. The van der Waals surface area contributed by atoms with Gasteiger partial charge in [0.2, 0.25) is 5.89 Å². The number of thiophene rings is 1. The predicted octanol–water partition coefficient (Wildman–Crippen LogP) is 2.29. The maximum absolute atomic E-state index is 11.9. The Morgan fingerprint density at radius 2 is 2.48 bits per heavy atom. The summed E-state index contributed by atoms with van der Waals surface area (Å²) in [5.74, 6) is 0.310. The quantitative estimate of drug-likeness (QED) is 0.843. The molecule has 0 bridgehead atoms. The molecule has 0 aromatic carbocycles. The summed E-state index contributed by atoms with van der Waals surface area (Å²) in [7, 11) is 0. The summed E-state index contributed by atoms with van der Waals surface area (Å²) in [6.07, 6.45) is 2.85. The Labute approximate surface area is 134 Å². The lowest BCUT2D eigenvalue weighted by molar-refractivity contribution is 0.0941. The second-order valence-corrected chi connectivity index (χ2v) is 7.36. The molecule has 1 amide bonds. The van der Waals surface area contributed by atoms with Gasteiger partial charge in [-0.15, -0.1) is 11.3 Å². The summed E-state index contributed by atoms with van der Waals surface area (Å²) in [6.45, 7) is 1.50. The van der Waals surface area contributed by atoms with E-state index in [1.54, 1.807) is 11.3 Å². The van der Waals surface area contributed by atoms with Crippen molar-refractivity contribution in [1.29, 1.82) is 0 Å². The average molecular weight is 371 g/mol. The lowest BCUT2D eigenvalue weighted by atomic mass is 10.2. The third kappa shape index (κ3) is 3.69. The average Bonchev–Trinajstić information content (AvgIpc) is 3.19. The van der Waals surface area contributed by atoms with Crippen LogP contribution in [-0.2, 0) is 6.42 Å². The van der Waals surface area contributed by atoms with Crippen LogP contribution in [-0.4, -0.2) is 29.1 Å². The van der Waals surface area contributed by atoms with E-state index < -0.39 is 0 Å². The number of hydrogen-bond acceptors (Lipinski definition) is 6. The Morgan fingerprint density at radius 3 is 3.19 bits per heavy atom.